The van der Waals surface area contributed by atoms with Crippen LogP contribution in [0.3, 0.4) is 0 Å². The molecule has 1 saturated heterocycles. The van der Waals surface area contributed by atoms with Gasteiger partial charge in [-0.2, -0.15) is 13.2 Å². The molecule has 1 fully saturated rings. The minimum atomic E-state index is -4.40. The summed E-state index contributed by atoms with van der Waals surface area (Å²) >= 11 is 1.16. The normalized spacial score (nSPS) is 15.1. The van der Waals surface area contributed by atoms with Crippen LogP contribution in [-0.4, -0.2) is 47.7 Å². The maximum Gasteiger partial charge on any atom is 0.417 e. The summed E-state index contributed by atoms with van der Waals surface area (Å²) in [6.45, 7) is 4.84. The smallest absolute Gasteiger partial charge is 0.368 e. The summed E-state index contributed by atoms with van der Waals surface area (Å²) in [5, 5.41) is 0.412. The maximum absolute atomic E-state index is 12.5. The Hall–Kier alpha value is -2.22. The highest BCUT2D eigenvalue weighted by atomic mass is 32.2. The molecule has 1 aliphatic rings. The van der Waals surface area contributed by atoms with Gasteiger partial charge in [-0.1, -0.05) is 23.9 Å². The number of alkyl halides is 3. The molecule has 0 unspecified atom stereocenters. The minimum absolute atomic E-state index is 0.0226. The van der Waals surface area contributed by atoms with Gasteiger partial charge in [0.2, 0.25) is 5.91 Å². The van der Waals surface area contributed by atoms with E-state index in [4.69, 9.17) is 0 Å². The zero-order chi connectivity index (χ0) is 19.4. The summed E-state index contributed by atoms with van der Waals surface area (Å²) in [4.78, 5) is 20.2. The highest BCUT2D eigenvalue weighted by molar-refractivity contribution is 7.99. The molecule has 0 bridgehead atoms. The zero-order valence-corrected chi connectivity index (χ0v) is 15.7. The number of thioether (sulfide) groups is 1. The van der Waals surface area contributed by atoms with E-state index in [-0.39, 0.29) is 11.7 Å². The van der Waals surface area contributed by atoms with Crippen LogP contribution in [0.1, 0.15) is 11.1 Å². The van der Waals surface area contributed by atoms with Gasteiger partial charge in [-0.3, -0.25) is 4.79 Å². The lowest BCUT2D eigenvalue weighted by atomic mass is 10.2. The van der Waals surface area contributed by atoms with Gasteiger partial charge in [0.05, 0.1) is 16.3 Å². The van der Waals surface area contributed by atoms with Gasteiger partial charge in [0.1, 0.15) is 0 Å². The van der Waals surface area contributed by atoms with Crippen LogP contribution in [0.25, 0.3) is 0 Å². The van der Waals surface area contributed by atoms with Gasteiger partial charge in [0.25, 0.3) is 0 Å². The summed E-state index contributed by atoms with van der Waals surface area (Å²) in [5.74, 6) is 0.147. The van der Waals surface area contributed by atoms with Gasteiger partial charge in [0, 0.05) is 38.1 Å². The number of hydrogen-bond donors (Lipinski definition) is 0. The average Bonchev–Trinajstić information content (AvgIpc) is 2.66. The summed E-state index contributed by atoms with van der Waals surface area (Å²) in [6, 6.07) is 10.6. The molecule has 8 heteroatoms. The van der Waals surface area contributed by atoms with Crippen LogP contribution in [0, 0.1) is 6.92 Å². The van der Waals surface area contributed by atoms with Crippen molar-refractivity contribution in [3.05, 3.63) is 53.7 Å². The number of nitrogens with zero attached hydrogens (tertiary/aromatic N) is 3. The first-order valence-electron chi connectivity index (χ1n) is 8.58. The number of halogens is 3. The summed E-state index contributed by atoms with van der Waals surface area (Å²) in [6.07, 6.45) is -3.60. The van der Waals surface area contributed by atoms with Gasteiger partial charge in [-0.15, -0.1) is 0 Å². The number of rotatable bonds is 4. The third-order valence-electron chi connectivity index (χ3n) is 4.41. The first kappa shape index (κ1) is 19.5. The number of pyridine rings is 1. The van der Waals surface area contributed by atoms with Gasteiger partial charge in [0.15, 0.2) is 0 Å². The Kier molecular flexibility index (Phi) is 5.94. The molecule has 0 spiro atoms. The van der Waals surface area contributed by atoms with Crippen molar-refractivity contribution < 1.29 is 18.0 Å². The topological polar surface area (TPSA) is 36.4 Å². The third-order valence-corrected chi connectivity index (χ3v) is 5.33. The Morgan fingerprint density at radius 1 is 1.15 bits per heavy atom. The minimum Gasteiger partial charge on any atom is -0.368 e. The molecule has 27 heavy (non-hydrogen) atoms. The maximum atomic E-state index is 12.5. The fourth-order valence-electron chi connectivity index (χ4n) is 2.90. The number of piperazine rings is 1. The summed E-state index contributed by atoms with van der Waals surface area (Å²) < 4.78 is 37.6. The fraction of sp³-hybridized carbons (Fsp3) is 0.368. The van der Waals surface area contributed by atoms with Crippen LogP contribution in [0.2, 0.25) is 0 Å². The highest BCUT2D eigenvalue weighted by Crippen LogP contribution is 2.29. The Balaban J connectivity index is 1.48. The van der Waals surface area contributed by atoms with E-state index in [2.05, 4.69) is 35.0 Å². The molecule has 1 aromatic carbocycles. The Morgan fingerprint density at radius 2 is 1.89 bits per heavy atom. The molecule has 0 saturated carbocycles. The van der Waals surface area contributed by atoms with E-state index in [0.29, 0.717) is 18.1 Å². The summed E-state index contributed by atoms with van der Waals surface area (Å²) in [7, 11) is 0. The zero-order valence-electron chi connectivity index (χ0n) is 14.9. The van der Waals surface area contributed by atoms with Crippen LogP contribution in [-0.2, 0) is 11.0 Å². The van der Waals surface area contributed by atoms with E-state index in [0.717, 1.165) is 42.8 Å². The molecule has 2 heterocycles. The predicted molar refractivity (Wildman–Crippen MR) is 99.9 cm³/mol. The largest absolute Gasteiger partial charge is 0.417 e. The Bertz CT molecular complexity index is 788. The van der Waals surface area contributed by atoms with E-state index in [1.807, 2.05) is 6.07 Å². The molecule has 0 N–H and O–H groups in total. The van der Waals surface area contributed by atoms with Gasteiger partial charge < -0.3 is 9.80 Å². The standard InChI is InChI=1S/C19H20F3N3OS/c1-14-3-2-4-16(11-14)24-7-9-25(10-8-24)18(26)13-27-17-6-5-15(12-23-17)19(20,21)22/h2-6,11-12H,7-10,13H2,1H3. The van der Waals surface area contributed by atoms with E-state index >= 15 is 0 Å². The van der Waals surface area contributed by atoms with Crippen LogP contribution < -0.4 is 4.90 Å². The molecule has 3 rings (SSSR count). The van der Waals surface area contributed by atoms with Gasteiger partial charge in [-0.25, -0.2) is 4.98 Å². The van der Waals surface area contributed by atoms with Crippen LogP contribution in [0.5, 0.6) is 0 Å². The highest BCUT2D eigenvalue weighted by Gasteiger charge is 2.30. The molecule has 1 amide bonds. The molecule has 1 aliphatic heterocycles. The Morgan fingerprint density at radius 3 is 2.48 bits per heavy atom. The van der Waals surface area contributed by atoms with E-state index in [1.165, 1.54) is 11.6 Å². The van der Waals surface area contributed by atoms with Crippen molar-refractivity contribution in [2.24, 2.45) is 0 Å². The lowest BCUT2D eigenvalue weighted by Crippen LogP contribution is -2.49. The first-order chi connectivity index (χ1) is 12.8. The van der Waals surface area contributed by atoms with Crippen LogP contribution in [0.4, 0.5) is 18.9 Å². The quantitative estimate of drug-likeness (QED) is 0.737. The SMILES string of the molecule is Cc1cccc(N2CCN(C(=O)CSc3ccc(C(F)(F)F)cn3)CC2)c1. The summed E-state index contributed by atoms with van der Waals surface area (Å²) in [5.41, 5.74) is 1.57. The first-order valence-corrected chi connectivity index (χ1v) is 9.57. The fourth-order valence-corrected chi connectivity index (χ4v) is 3.64. The van der Waals surface area contributed by atoms with E-state index < -0.39 is 11.7 Å². The number of hydrogen-bond acceptors (Lipinski definition) is 4. The molecule has 2 aromatic rings. The molecule has 0 atom stereocenters. The van der Waals surface area contributed by atoms with Crippen molar-refractivity contribution in [2.75, 3.05) is 36.8 Å². The van der Waals surface area contributed by atoms with Crippen molar-refractivity contribution >= 4 is 23.4 Å². The number of anilines is 1. The number of aromatic nitrogens is 1. The second-order valence-corrected chi connectivity index (χ2v) is 7.37. The number of amides is 1. The lowest BCUT2D eigenvalue weighted by Gasteiger charge is -2.36. The van der Waals surface area contributed by atoms with Crippen LogP contribution in [0.15, 0.2) is 47.6 Å². The van der Waals surface area contributed by atoms with Gasteiger partial charge in [-0.05, 0) is 36.8 Å². The monoisotopic (exact) mass is 395 g/mol. The number of carbonyl (C=O) groups excluding carboxylic acids is 1. The van der Waals surface area contributed by atoms with Crippen LogP contribution >= 0.6 is 11.8 Å². The van der Waals surface area contributed by atoms with Crippen molar-refractivity contribution in [3.8, 4) is 0 Å². The van der Waals surface area contributed by atoms with Crippen molar-refractivity contribution in [1.82, 2.24) is 9.88 Å². The molecule has 144 valence electrons. The second-order valence-electron chi connectivity index (χ2n) is 6.38. The molecule has 0 radical (unpaired) electrons. The molecule has 4 nitrogen and oxygen atoms in total. The molecular weight excluding hydrogens is 375 g/mol. The van der Waals surface area contributed by atoms with Gasteiger partial charge >= 0.3 is 6.18 Å². The number of aryl methyl sites for hydroxylation is 1. The second kappa shape index (κ2) is 8.21. The average molecular weight is 395 g/mol. The number of benzene rings is 1. The molecule has 1 aromatic heterocycles. The van der Waals surface area contributed by atoms with Crippen molar-refractivity contribution in [1.29, 1.82) is 0 Å². The van der Waals surface area contributed by atoms with Crippen molar-refractivity contribution in [3.63, 3.8) is 0 Å². The molecule has 0 aliphatic carbocycles. The van der Waals surface area contributed by atoms with E-state index in [9.17, 15) is 18.0 Å². The third kappa shape index (κ3) is 5.15. The number of carbonyl (C=O) groups is 1. The lowest BCUT2D eigenvalue weighted by molar-refractivity contribution is -0.138. The molecular formula is C19H20F3N3OS. The van der Waals surface area contributed by atoms with Crippen molar-refractivity contribution in [2.45, 2.75) is 18.1 Å². The van der Waals surface area contributed by atoms with E-state index in [1.54, 1.807) is 4.90 Å². The Labute approximate surface area is 160 Å². The predicted octanol–water partition coefficient (Wildman–Crippen LogP) is 3.85.